The normalized spacial score (nSPS) is 31.9. The molecule has 2 rings (SSSR count). The monoisotopic (exact) mass is 266 g/mol. The first-order valence-electron chi connectivity index (χ1n) is 8.57. The van der Waals surface area contributed by atoms with Crippen LogP contribution in [0.4, 0.5) is 0 Å². The predicted octanol–water partition coefficient (Wildman–Crippen LogP) is 3.81. The molecule has 1 saturated heterocycles. The van der Waals surface area contributed by atoms with Crippen molar-refractivity contribution in [2.45, 2.75) is 90.3 Å². The van der Waals surface area contributed by atoms with Gasteiger partial charge in [0.1, 0.15) is 0 Å². The molecule has 1 unspecified atom stereocenters. The SMILES string of the molecule is CCC(CC)N1CC(CC)(CC)NCC1(C)C1CC1. The van der Waals surface area contributed by atoms with Gasteiger partial charge in [0, 0.05) is 30.2 Å². The van der Waals surface area contributed by atoms with Crippen LogP contribution in [0.2, 0.25) is 0 Å². The van der Waals surface area contributed by atoms with Crippen molar-refractivity contribution in [3.05, 3.63) is 0 Å². The average molecular weight is 266 g/mol. The highest BCUT2D eigenvalue weighted by Crippen LogP contribution is 2.46. The summed E-state index contributed by atoms with van der Waals surface area (Å²) in [5.41, 5.74) is 0.765. The minimum atomic E-state index is 0.358. The number of nitrogens with one attached hydrogen (secondary N) is 1. The zero-order chi connectivity index (χ0) is 14.1. The molecule has 1 aliphatic carbocycles. The smallest absolute Gasteiger partial charge is 0.0337 e. The summed E-state index contributed by atoms with van der Waals surface area (Å²) in [5.74, 6) is 0.937. The van der Waals surface area contributed by atoms with Crippen LogP contribution in [0.1, 0.15) is 73.1 Å². The van der Waals surface area contributed by atoms with Gasteiger partial charge in [-0.05, 0) is 51.4 Å². The van der Waals surface area contributed by atoms with E-state index in [4.69, 9.17) is 0 Å². The molecule has 0 aromatic carbocycles. The molecule has 2 aliphatic rings. The standard InChI is InChI=1S/C17H34N2/c1-6-15(7-2)19-13-17(8-3,9-4)18-12-16(19,5)14-10-11-14/h14-15,18H,6-13H2,1-5H3. The van der Waals surface area contributed by atoms with Crippen LogP contribution < -0.4 is 5.32 Å². The van der Waals surface area contributed by atoms with E-state index in [1.165, 1.54) is 51.6 Å². The van der Waals surface area contributed by atoms with Crippen LogP contribution in [0.5, 0.6) is 0 Å². The number of hydrogen-bond donors (Lipinski definition) is 1. The predicted molar refractivity (Wildman–Crippen MR) is 83.5 cm³/mol. The van der Waals surface area contributed by atoms with Crippen LogP contribution in [0.3, 0.4) is 0 Å². The van der Waals surface area contributed by atoms with Crippen LogP contribution in [-0.4, -0.2) is 35.1 Å². The summed E-state index contributed by atoms with van der Waals surface area (Å²) in [4.78, 5) is 2.90. The fraction of sp³-hybridized carbons (Fsp3) is 1.00. The van der Waals surface area contributed by atoms with E-state index in [0.717, 1.165) is 12.0 Å². The van der Waals surface area contributed by atoms with Crippen molar-refractivity contribution < 1.29 is 0 Å². The summed E-state index contributed by atoms with van der Waals surface area (Å²) in [6.45, 7) is 14.4. The molecule has 19 heavy (non-hydrogen) atoms. The molecule has 1 saturated carbocycles. The summed E-state index contributed by atoms with van der Waals surface area (Å²) in [6.07, 6.45) is 7.98. The third-order valence-electron chi connectivity index (χ3n) is 6.14. The molecule has 0 radical (unpaired) electrons. The molecule has 2 heteroatoms. The fourth-order valence-corrected chi connectivity index (χ4v) is 4.11. The molecule has 0 bridgehead atoms. The Labute approximate surface area is 120 Å². The van der Waals surface area contributed by atoms with Gasteiger partial charge in [-0.25, -0.2) is 0 Å². The van der Waals surface area contributed by atoms with Gasteiger partial charge in [0.25, 0.3) is 0 Å². The number of piperazine rings is 1. The highest BCUT2D eigenvalue weighted by atomic mass is 15.3. The Bertz CT molecular complexity index is 290. The van der Waals surface area contributed by atoms with E-state index in [0.29, 0.717) is 11.1 Å². The second-order valence-electron chi connectivity index (χ2n) is 7.07. The lowest BCUT2D eigenvalue weighted by Crippen LogP contribution is -2.71. The lowest BCUT2D eigenvalue weighted by Gasteiger charge is -2.56. The molecule has 0 aromatic heterocycles. The Morgan fingerprint density at radius 3 is 2.11 bits per heavy atom. The van der Waals surface area contributed by atoms with Crippen molar-refractivity contribution >= 4 is 0 Å². The van der Waals surface area contributed by atoms with Gasteiger partial charge >= 0.3 is 0 Å². The second-order valence-corrected chi connectivity index (χ2v) is 7.07. The minimum absolute atomic E-state index is 0.358. The second kappa shape index (κ2) is 5.73. The largest absolute Gasteiger partial charge is 0.308 e. The highest BCUT2D eigenvalue weighted by molar-refractivity contribution is 5.09. The van der Waals surface area contributed by atoms with E-state index >= 15 is 0 Å². The van der Waals surface area contributed by atoms with E-state index in [-0.39, 0.29) is 0 Å². The van der Waals surface area contributed by atoms with Gasteiger partial charge in [-0.3, -0.25) is 4.90 Å². The van der Waals surface area contributed by atoms with E-state index in [1.807, 2.05) is 0 Å². The number of hydrogen-bond acceptors (Lipinski definition) is 2. The number of rotatable bonds is 6. The van der Waals surface area contributed by atoms with Gasteiger partial charge in [-0.15, -0.1) is 0 Å². The fourth-order valence-electron chi connectivity index (χ4n) is 4.11. The molecular weight excluding hydrogens is 232 g/mol. The molecule has 1 aliphatic heterocycles. The van der Waals surface area contributed by atoms with Gasteiger partial charge in [-0.2, -0.15) is 0 Å². The maximum absolute atomic E-state index is 3.94. The molecule has 2 nitrogen and oxygen atoms in total. The first kappa shape index (κ1) is 15.3. The Kier molecular flexibility index (Phi) is 4.62. The third-order valence-corrected chi connectivity index (χ3v) is 6.14. The van der Waals surface area contributed by atoms with Crippen molar-refractivity contribution in [2.24, 2.45) is 5.92 Å². The molecular formula is C17H34N2. The molecule has 1 heterocycles. The van der Waals surface area contributed by atoms with Crippen molar-refractivity contribution in [2.75, 3.05) is 13.1 Å². The average Bonchev–Trinajstić information content (AvgIpc) is 3.27. The van der Waals surface area contributed by atoms with Crippen LogP contribution in [0.25, 0.3) is 0 Å². The van der Waals surface area contributed by atoms with Crippen molar-refractivity contribution in [1.82, 2.24) is 10.2 Å². The minimum Gasteiger partial charge on any atom is -0.308 e. The van der Waals surface area contributed by atoms with E-state index < -0.39 is 0 Å². The van der Waals surface area contributed by atoms with Gasteiger partial charge in [-0.1, -0.05) is 27.7 Å². The van der Waals surface area contributed by atoms with Gasteiger partial charge in [0.05, 0.1) is 0 Å². The first-order chi connectivity index (χ1) is 9.05. The third kappa shape index (κ3) is 2.71. The van der Waals surface area contributed by atoms with Crippen LogP contribution in [0, 0.1) is 5.92 Å². The quantitative estimate of drug-likeness (QED) is 0.786. The lowest BCUT2D eigenvalue weighted by atomic mass is 9.80. The Balaban J connectivity index is 2.23. The van der Waals surface area contributed by atoms with E-state index in [1.54, 1.807) is 0 Å². The molecule has 0 spiro atoms. The zero-order valence-corrected chi connectivity index (χ0v) is 13.8. The maximum Gasteiger partial charge on any atom is 0.0337 e. The highest BCUT2D eigenvalue weighted by Gasteiger charge is 2.52. The Morgan fingerprint density at radius 1 is 1.11 bits per heavy atom. The van der Waals surface area contributed by atoms with E-state index in [2.05, 4.69) is 44.8 Å². The molecule has 0 aromatic rings. The summed E-state index contributed by atoms with van der Waals surface area (Å²) in [5, 5.41) is 3.94. The molecule has 0 amide bonds. The van der Waals surface area contributed by atoms with Crippen LogP contribution >= 0.6 is 0 Å². The first-order valence-corrected chi connectivity index (χ1v) is 8.57. The Morgan fingerprint density at radius 2 is 1.68 bits per heavy atom. The van der Waals surface area contributed by atoms with Gasteiger partial charge < -0.3 is 5.32 Å². The van der Waals surface area contributed by atoms with Crippen molar-refractivity contribution in [1.29, 1.82) is 0 Å². The molecule has 1 atom stereocenters. The Hall–Kier alpha value is -0.0800. The number of nitrogens with zero attached hydrogens (tertiary/aromatic N) is 1. The van der Waals surface area contributed by atoms with Gasteiger partial charge in [0.2, 0.25) is 0 Å². The van der Waals surface area contributed by atoms with E-state index in [9.17, 15) is 0 Å². The topological polar surface area (TPSA) is 15.3 Å². The van der Waals surface area contributed by atoms with Crippen LogP contribution in [0.15, 0.2) is 0 Å². The summed E-state index contributed by atoms with van der Waals surface area (Å²) in [7, 11) is 0. The summed E-state index contributed by atoms with van der Waals surface area (Å²) < 4.78 is 0. The molecule has 2 fully saturated rings. The van der Waals surface area contributed by atoms with Gasteiger partial charge in [0.15, 0.2) is 0 Å². The zero-order valence-electron chi connectivity index (χ0n) is 13.8. The summed E-state index contributed by atoms with van der Waals surface area (Å²) >= 11 is 0. The van der Waals surface area contributed by atoms with Crippen molar-refractivity contribution in [3.63, 3.8) is 0 Å². The lowest BCUT2D eigenvalue weighted by molar-refractivity contribution is -0.0352. The van der Waals surface area contributed by atoms with Crippen molar-refractivity contribution in [3.8, 4) is 0 Å². The molecule has 1 N–H and O–H groups in total. The molecule has 112 valence electrons. The summed E-state index contributed by atoms with van der Waals surface area (Å²) in [6, 6.07) is 0.769. The maximum atomic E-state index is 3.94. The van der Waals surface area contributed by atoms with Crippen LogP contribution in [-0.2, 0) is 0 Å².